The molecule has 0 spiro atoms. The first kappa shape index (κ1) is 20.3. The van der Waals surface area contributed by atoms with Gasteiger partial charge in [0.1, 0.15) is 0 Å². The Labute approximate surface area is 146 Å². The second kappa shape index (κ2) is 10.9. The molecule has 0 unspecified atom stereocenters. The molecule has 0 heterocycles. The van der Waals surface area contributed by atoms with E-state index in [1.807, 2.05) is 0 Å². The van der Waals surface area contributed by atoms with E-state index >= 15 is 0 Å². The summed E-state index contributed by atoms with van der Waals surface area (Å²) in [7, 11) is 2.88. The van der Waals surface area contributed by atoms with Crippen molar-refractivity contribution in [2.75, 3.05) is 33.9 Å². The Balaban J connectivity index is 2.70. The molecule has 0 N–H and O–H groups in total. The molecule has 0 aliphatic rings. The zero-order chi connectivity index (χ0) is 18.7. The molecule has 25 heavy (non-hydrogen) atoms. The lowest BCUT2D eigenvalue weighted by molar-refractivity contribution is -0.384. The number of benzene rings is 1. The first-order chi connectivity index (χ1) is 12.0. The third-order valence-corrected chi connectivity index (χ3v) is 3.42. The van der Waals surface area contributed by atoms with Gasteiger partial charge in [0.05, 0.1) is 18.5 Å². The Bertz CT molecular complexity index is 612. The van der Waals surface area contributed by atoms with Crippen LogP contribution in [0, 0.1) is 10.1 Å². The predicted molar refractivity (Wildman–Crippen MR) is 91.8 cm³/mol. The highest BCUT2D eigenvalue weighted by atomic mass is 16.6. The van der Waals surface area contributed by atoms with Crippen molar-refractivity contribution < 1.29 is 24.0 Å². The van der Waals surface area contributed by atoms with E-state index in [1.165, 1.54) is 30.2 Å². The molecule has 0 bridgehead atoms. The Kier molecular flexibility index (Phi) is 8.87. The molecule has 1 aromatic rings. The van der Waals surface area contributed by atoms with Crippen molar-refractivity contribution >= 4 is 23.6 Å². The lowest BCUT2D eigenvalue weighted by Gasteiger charge is -2.20. The Morgan fingerprint density at radius 1 is 1.20 bits per heavy atom. The molecule has 0 aromatic heterocycles. The van der Waals surface area contributed by atoms with Gasteiger partial charge in [-0.2, -0.15) is 0 Å². The molecule has 0 radical (unpaired) electrons. The van der Waals surface area contributed by atoms with Gasteiger partial charge in [-0.25, -0.2) is 0 Å². The minimum Gasteiger partial charge on any atom is -0.469 e. The second-order valence-corrected chi connectivity index (χ2v) is 5.18. The third-order valence-electron chi connectivity index (χ3n) is 3.42. The summed E-state index contributed by atoms with van der Waals surface area (Å²) in [6, 6.07) is 5.87. The van der Waals surface area contributed by atoms with Gasteiger partial charge >= 0.3 is 5.97 Å². The van der Waals surface area contributed by atoms with Crippen molar-refractivity contribution in [2.24, 2.45) is 0 Å². The van der Waals surface area contributed by atoms with Crippen molar-refractivity contribution in [1.29, 1.82) is 0 Å². The van der Waals surface area contributed by atoms with Gasteiger partial charge < -0.3 is 14.4 Å². The normalized spacial score (nSPS) is 10.6. The summed E-state index contributed by atoms with van der Waals surface area (Å²) in [5.41, 5.74) is 0.659. The molecule has 0 saturated heterocycles. The number of non-ortho nitro benzene ring substituents is 1. The highest BCUT2D eigenvalue weighted by Gasteiger charge is 2.13. The van der Waals surface area contributed by atoms with Crippen LogP contribution in [0.25, 0.3) is 6.08 Å². The van der Waals surface area contributed by atoms with Crippen LogP contribution >= 0.6 is 0 Å². The van der Waals surface area contributed by atoms with Crippen molar-refractivity contribution in [3.63, 3.8) is 0 Å². The molecule has 8 heteroatoms. The largest absolute Gasteiger partial charge is 0.469 e. The summed E-state index contributed by atoms with van der Waals surface area (Å²) in [5, 5.41) is 10.6. The molecule has 1 aromatic carbocycles. The number of carbonyl (C=O) groups is 2. The summed E-state index contributed by atoms with van der Waals surface area (Å²) in [6.07, 6.45) is 3.72. The summed E-state index contributed by atoms with van der Waals surface area (Å²) >= 11 is 0. The molecular weight excluding hydrogens is 328 g/mol. The van der Waals surface area contributed by atoms with Crippen molar-refractivity contribution in [3.8, 4) is 0 Å². The Hall–Kier alpha value is -2.74. The summed E-state index contributed by atoms with van der Waals surface area (Å²) in [4.78, 5) is 35.3. The number of carbonyl (C=O) groups excluding carboxylic acids is 2. The average molecular weight is 350 g/mol. The highest BCUT2D eigenvalue weighted by Crippen LogP contribution is 2.13. The van der Waals surface area contributed by atoms with Crippen molar-refractivity contribution in [3.05, 3.63) is 46.0 Å². The number of methoxy groups -OCH3 is 2. The maximum absolute atomic E-state index is 12.3. The summed E-state index contributed by atoms with van der Waals surface area (Å²) in [5.74, 6) is -0.637. The van der Waals surface area contributed by atoms with E-state index in [4.69, 9.17) is 4.74 Å². The van der Waals surface area contributed by atoms with Gasteiger partial charge in [-0.1, -0.05) is 0 Å². The predicted octanol–water partition coefficient (Wildman–Crippen LogP) is 2.04. The van der Waals surface area contributed by atoms with Crippen molar-refractivity contribution in [1.82, 2.24) is 4.90 Å². The fraction of sp³-hybridized carbons (Fsp3) is 0.412. The number of rotatable bonds is 10. The fourth-order valence-corrected chi connectivity index (χ4v) is 2.04. The zero-order valence-electron chi connectivity index (χ0n) is 14.3. The molecule has 0 aliphatic heterocycles. The average Bonchev–Trinajstić information content (AvgIpc) is 2.62. The number of nitrogens with zero attached hydrogens (tertiary/aromatic N) is 2. The van der Waals surface area contributed by atoms with E-state index < -0.39 is 4.92 Å². The van der Waals surface area contributed by atoms with Gasteiger partial charge in [-0.05, 0) is 30.2 Å². The molecule has 8 nitrogen and oxygen atoms in total. The van der Waals surface area contributed by atoms with E-state index in [0.717, 1.165) is 0 Å². The third kappa shape index (κ3) is 7.58. The van der Waals surface area contributed by atoms with Gasteiger partial charge in [-0.15, -0.1) is 0 Å². The number of hydrogen-bond donors (Lipinski definition) is 0. The summed E-state index contributed by atoms with van der Waals surface area (Å²) in [6.45, 7) is 1.21. The molecule has 0 aliphatic carbocycles. The van der Waals surface area contributed by atoms with E-state index in [-0.39, 0.29) is 30.5 Å². The Morgan fingerprint density at radius 3 is 2.44 bits per heavy atom. The van der Waals surface area contributed by atoms with E-state index in [2.05, 4.69) is 4.74 Å². The highest BCUT2D eigenvalue weighted by molar-refractivity contribution is 5.92. The van der Waals surface area contributed by atoms with Crippen LogP contribution in [0.3, 0.4) is 0 Å². The fourth-order valence-electron chi connectivity index (χ4n) is 2.04. The van der Waals surface area contributed by atoms with Crippen LogP contribution in [0.1, 0.15) is 18.4 Å². The number of nitro groups is 1. The molecule has 1 rings (SSSR count). The lowest BCUT2D eigenvalue weighted by atomic mass is 10.2. The SMILES string of the molecule is COCCCN(CCC(=O)OC)C(=O)/C=C/c1ccc([N+](=O)[O-])cc1. The van der Waals surface area contributed by atoms with Crippen LogP contribution in [0.15, 0.2) is 30.3 Å². The van der Waals surface area contributed by atoms with Crippen LogP contribution in [-0.2, 0) is 19.1 Å². The first-order valence-electron chi connectivity index (χ1n) is 7.75. The molecule has 136 valence electrons. The molecule has 0 saturated carbocycles. The van der Waals surface area contributed by atoms with Crippen LogP contribution in [0.2, 0.25) is 0 Å². The Morgan fingerprint density at radius 2 is 1.88 bits per heavy atom. The van der Waals surface area contributed by atoms with Gasteiger partial charge in [0.25, 0.3) is 5.69 Å². The van der Waals surface area contributed by atoms with Gasteiger partial charge in [-0.3, -0.25) is 19.7 Å². The van der Waals surface area contributed by atoms with E-state index in [9.17, 15) is 19.7 Å². The number of ether oxygens (including phenoxy) is 2. The zero-order valence-corrected chi connectivity index (χ0v) is 14.3. The van der Waals surface area contributed by atoms with Gasteiger partial charge in [0, 0.05) is 45.0 Å². The van der Waals surface area contributed by atoms with Gasteiger partial charge in [0.15, 0.2) is 0 Å². The monoisotopic (exact) mass is 350 g/mol. The van der Waals surface area contributed by atoms with E-state index in [1.54, 1.807) is 25.3 Å². The maximum atomic E-state index is 12.3. The first-order valence-corrected chi connectivity index (χ1v) is 7.75. The van der Waals surface area contributed by atoms with Crippen LogP contribution in [-0.4, -0.2) is 55.6 Å². The topological polar surface area (TPSA) is 99.0 Å². The standard InChI is InChI=1S/C17H22N2O6/c1-24-13-3-11-18(12-10-17(21)25-2)16(20)9-6-14-4-7-15(8-5-14)19(22)23/h4-9H,3,10-13H2,1-2H3/b9-6+. The minimum absolute atomic E-state index is 0.0113. The quantitative estimate of drug-likeness (QED) is 0.210. The summed E-state index contributed by atoms with van der Waals surface area (Å²) < 4.78 is 9.57. The van der Waals surface area contributed by atoms with Crippen LogP contribution in [0.5, 0.6) is 0 Å². The molecular formula is C17H22N2O6. The van der Waals surface area contributed by atoms with E-state index in [0.29, 0.717) is 25.1 Å². The van der Waals surface area contributed by atoms with Crippen LogP contribution in [0.4, 0.5) is 5.69 Å². The molecule has 0 fully saturated rings. The lowest BCUT2D eigenvalue weighted by Crippen LogP contribution is -2.33. The maximum Gasteiger partial charge on any atom is 0.307 e. The molecule has 0 atom stereocenters. The number of nitro benzene ring substituents is 1. The molecule has 1 amide bonds. The second-order valence-electron chi connectivity index (χ2n) is 5.18. The number of amides is 1. The smallest absolute Gasteiger partial charge is 0.307 e. The van der Waals surface area contributed by atoms with Crippen LogP contribution < -0.4 is 0 Å². The van der Waals surface area contributed by atoms with Crippen molar-refractivity contribution in [2.45, 2.75) is 12.8 Å². The number of hydrogen-bond acceptors (Lipinski definition) is 6. The van der Waals surface area contributed by atoms with Gasteiger partial charge in [0.2, 0.25) is 5.91 Å². The number of esters is 1. The minimum atomic E-state index is -0.483.